The lowest BCUT2D eigenvalue weighted by molar-refractivity contribution is 0.629. The van der Waals surface area contributed by atoms with Gasteiger partial charge in [0, 0.05) is 12.1 Å². The smallest absolute Gasteiger partial charge is 0.184 e. The summed E-state index contributed by atoms with van der Waals surface area (Å²) in [4.78, 5) is 4.41. The van der Waals surface area contributed by atoms with Crippen molar-refractivity contribution in [1.29, 1.82) is 0 Å². The minimum Gasteiger partial charge on any atom is -0.359 e. The van der Waals surface area contributed by atoms with Gasteiger partial charge in [0.15, 0.2) is 5.13 Å². The van der Waals surface area contributed by atoms with Crippen molar-refractivity contribution in [2.24, 2.45) is 0 Å². The van der Waals surface area contributed by atoms with E-state index < -0.39 is 0 Å². The molecule has 2 heterocycles. The van der Waals surface area contributed by atoms with Gasteiger partial charge in [-0.3, -0.25) is 0 Å². The fraction of sp³-hybridized carbons (Fsp3) is 0.214. The summed E-state index contributed by atoms with van der Waals surface area (Å²) in [5, 5.41) is 8.47. The Labute approximate surface area is 118 Å². The first-order valence-corrected chi connectivity index (χ1v) is 7.80. The number of thiazole rings is 1. The normalized spacial score (nSPS) is 12.7. The average molecular weight is 292 g/mol. The van der Waals surface area contributed by atoms with Gasteiger partial charge in [-0.1, -0.05) is 11.3 Å². The minimum atomic E-state index is -0.240. The Balaban J connectivity index is 1.74. The zero-order chi connectivity index (χ0) is 13.2. The average Bonchev–Trinajstić information content (AvgIpc) is 2.97. The van der Waals surface area contributed by atoms with E-state index >= 15 is 0 Å². The topological polar surface area (TPSA) is 24.9 Å². The quantitative estimate of drug-likeness (QED) is 0.763. The van der Waals surface area contributed by atoms with E-state index in [1.54, 1.807) is 28.7 Å². The van der Waals surface area contributed by atoms with Crippen molar-refractivity contribution in [3.05, 3.63) is 46.4 Å². The van der Waals surface area contributed by atoms with E-state index in [1.165, 1.54) is 17.7 Å². The SMILES string of the molecule is CC(Cc1ccsc1)Nc1nc2cc(F)ccc2s1. The first kappa shape index (κ1) is 12.6. The van der Waals surface area contributed by atoms with Gasteiger partial charge in [0.25, 0.3) is 0 Å². The van der Waals surface area contributed by atoms with Crippen molar-refractivity contribution in [2.75, 3.05) is 5.32 Å². The molecule has 1 N–H and O–H groups in total. The standard InChI is InChI=1S/C14H13FN2S2/c1-9(6-10-4-5-18-8-10)16-14-17-12-7-11(15)2-3-13(12)19-14/h2-5,7-9H,6H2,1H3,(H,16,17). The monoisotopic (exact) mass is 292 g/mol. The van der Waals surface area contributed by atoms with E-state index in [1.807, 2.05) is 0 Å². The molecule has 0 bridgehead atoms. The van der Waals surface area contributed by atoms with E-state index in [4.69, 9.17) is 0 Å². The Kier molecular flexibility index (Phi) is 3.48. The lowest BCUT2D eigenvalue weighted by Gasteiger charge is -2.11. The number of nitrogens with zero attached hydrogens (tertiary/aromatic N) is 1. The number of hydrogen-bond acceptors (Lipinski definition) is 4. The van der Waals surface area contributed by atoms with Gasteiger partial charge < -0.3 is 5.32 Å². The molecule has 1 unspecified atom stereocenters. The van der Waals surface area contributed by atoms with Crippen molar-refractivity contribution in [3.63, 3.8) is 0 Å². The van der Waals surface area contributed by atoms with Crippen LogP contribution in [0.1, 0.15) is 12.5 Å². The van der Waals surface area contributed by atoms with Gasteiger partial charge in [-0.15, -0.1) is 0 Å². The maximum Gasteiger partial charge on any atom is 0.184 e. The lowest BCUT2D eigenvalue weighted by atomic mass is 10.1. The Morgan fingerprint density at radius 1 is 1.37 bits per heavy atom. The van der Waals surface area contributed by atoms with Crippen LogP contribution < -0.4 is 5.32 Å². The molecule has 0 saturated carbocycles. The summed E-state index contributed by atoms with van der Waals surface area (Å²) in [5.41, 5.74) is 2.05. The molecule has 0 amide bonds. The Hall–Kier alpha value is -1.46. The third-order valence-corrected chi connectivity index (χ3v) is 4.54. The van der Waals surface area contributed by atoms with Gasteiger partial charge in [-0.25, -0.2) is 9.37 Å². The van der Waals surface area contributed by atoms with E-state index in [0.717, 1.165) is 21.8 Å². The van der Waals surface area contributed by atoms with E-state index in [9.17, 15) is 4.39 Å². The van der Waals surface area contributed by atoms with Crippen LogP contribution in [0.2, 0.25) is 0 Å². The summed E-state index contributed by atoms with van der Waals surface area (Å²) in [6, 6.07) is 7.16. The minimum absolute atomic E-state index is 0.240. The molecule has 0 fully saturated rings. The predicted octanol–water partition coefficient (Wildman–Crippen LogP) is 4.54. The third-order valence-electron chi connectivity index (χ3n) is 2.84. The molecule has 3 rings (SSSR count). The number of rotatable bonds is 4. The fourth-order valence-corrected chi connectivity index (χ4v) is 3.63. The first-order valence-electron chi connectivity index (χ1n) is 6.04. The molecule has 19 heavy (non-hydrogen) atoms. The van der Waals surface area contributed by atoms with Crippen LogP contribution in [0, 0.1) is 5.82 Å². The highest BCUT2D eigenvalue weighted by molar-refractivity contribution is 7.22. The number of hydrogen-bond donors (Lipinski definition) is 1. The van der Waals surface area contributed by atoms with Crippen LogP contribution in [0.25, 0.3) is 10.2 Å². The molecular formula is C14H13FN2S2. The van der Waals surface area contributed by atoms with Crippen molar-refractivity contribution in [3.8, 4) is 0 Å². The zero-order valence-electron chi connectivity index (χ0n) is 10.4. The van der Waals surface area contributed by atoms with Crippen LogP contribution in [0.3, 0.4) is 0 Å². The summed E-state index contributed by atoms with van der Waals surface area (Å²) in [6.07, 6.45) is 0.966. The molecular weight excluding hydrogens is 279 g/mol. The molecule has 3 aromatic rings. The van der Waals surface area contributed by atoms with Crippen LogP contribution in [-0.2, 0) is 6.42 Å². The van der Waals surface area contributed by atoms with Gasteiger partial charge in [0.2, 0.25) is 0 Å². The Bertz CT molecular complexity index is 676. The highest BCUT2D eigenvalue weighted by Crippen LogP contribution is 2.27. The second-order valence-electron chi connectivity index (χ2n) is 4.51. The molecule has 0 aliphatic heterocycles. The molecule has 98 valence electrons. The van der Waals surface area contributed by atoms with Crippen LogP contribution in [-0.4, -0.2) is 11.0 Å². The maximum atomic E-state index is 13.1. The van der Waals surface area contributed by atoms with Crippen molar-refractivity contribution in [2.45, 2.75) is 19.4 Å². The molecule has 1 aromatic carbocycles. The highest BCUT2D eigenvalue weighted by Gasteiger charge is 2.08. The number of fused-ring (bicyclic) bond motifs is 1. The maximum absolute atomic E-state index is 13.1. The molecule has 1 atom stereocenters. The Morgan fingerprint density at radius 2 is 2.26 bits per heavy atom. The van der Waals surface area contributed by atoms with E-state index in [-0.39, 0.29) is 5.82 Å². The Morgan fingerprint density at radius 3 is 3.05 bits per heavy atom. The van der Waals surface area contributed by atoms with Crippen molar-refractivity contribution in [1.82, 2.24) is 4.98 Å². The number of nitrogens with one attached hydrogen (secondary N) is 1. The summed E-state index contributed by atoms with van der Waals surface area (Å²) in [5.74, 6) is -0.240. The molecule has 2 nitrogen and oxygen atoms in total. The number of halogens is 1. The van der Waals surface area contributed by atoms with Crippen molar-refractivity contribution >= 4 is 38.0 Å². The summed E-state index contributed by atoms with van der Waals surface area (Å²) < 4.78 is 14.1. The van der Waals surface area contributed by atoms with Gasteiger partial charge in [-0.2, -0.15) is 11.3 Å². The van der Waals surface area contributed by atoms with Crippen LogP contribution in [0.5, 0.6) is 0 Å². The second-order valence-corrected chi connectivity index (χ2v) is 6.32. The van der Waals surface area contributed by atoms with Crippen LogP contribution in [0.15, 0.2) is 35.0 Å². The number of aromatic nitrogens is 1. The molecule has 0 aliphatic carbocycles. The predicted molar refractivity (Wildman–Crippen MR) is 80.7 cm³/mol. The molecule has 5 heteroatoms. The van der Waals surface area contributed by atoms with Gasteiger partial charge >= 0.3 is 0 Å². The fourth-order valence-electron chi connectivity index (χ4n) is 1.99. The van der Waals surface area contributed by atoms with Gasteiger partial charge in [0.05, 0.1) is 10.2 Å². The second kappa shape index (κ2) is 5.27. The number of thiophene rings is 1. The number of benzene rings is 1. The summed E-state index contributed by atoms with van der Waals surface area (Å²) in [7, 11) is 0. The number of anilines is 1. The van der Waals surface area contributed by atoms with Crippen LogP contribution >= 0.6 is 22.7 Å². The zero-order valence-corrected chi connectivity index (χ0v) is 12.0. The lowest BCUT2D eigenvalue weighted by Crippen LogP contribution is -2.17. The van der Waals surface area contributed by atoms with E-state index in [2.05, 4.69) is 34.1 Å². The molecule has 0 saturated heterocycles. The molecule has 0 radical (unpaired) electrons. The van der Waals surface area contributed by atoms with E-state index in [0.29, 0.717) is 6.04 Å². The summed E-state index contributed by atoms with van der Waals surface area (Å²) >= 11 is 3.27. The molecule has 0 spiro atoms. The molecule has 2 aromatic heterocycles. The molecule has 0 aliphatic rings. The highest BCUT2D eigenvalue weighted by atomic mass is 32.1. The van der Waals surface area contributed by atoms with Crippen LogP contribution in [0.4, 0.5) is 9.52 Å². The van der Waals surface area contributed by atoms with Gasteiger partial charge in [-0.05, 0) is 47.9 Å². The first-order chi connectivity index (χ1) is 9.20. The largest absolute Gasteiger partial charge is 0.359 e. The van der Waals surface area contributed by atoms with Crippen molar-refractivity contribution < 1.29 is 4.39 Å². The third kappa shape index (κ3) is 2.93. The van der Waals surface area contributed by atoms with Gasteiger partial charge in [0.1, 0.15) is 5.82 Å². The summed E-state index contributed by atoms with van der Waals surface area (Å²) in [6.45, 7) is 2.13.